The Balaban J connectivity index is 1.58. The van der Waals surface area contributed by atoms with Crippen molar-refractivity contribution in [2.75, 3.05) is 26.7 Å². The molecule has 1 aromatic heterocycles. The van der Waals surface area contributed by atoms with Crippen LogP contribution in [0.4, 0.5) is 13.6 Å². The van der Waals surface area contributed by atoms with Crippen molar-refractivity contribution in [3.63, 3.8) is 0 Å². The molecular formula is C25H32F2N4O3. The van der Waals surface area contributed by atoms with Crippen LogP contribution in [0.2, 0.25) is 0 Å². The molecule has 1 aliphatic heterocycles. The number of carbonyl (C=O) groups is 2. The van der Waals surface area contributed by atoms with Gasteiger partial charge in [0.25, 0.3) is 11.8 Å². The summed E-state index contributed by atoms with van der Waals surface area (Å²) in [5, 5.41) is 14.8. The molecule has 1 aromatic carbocycles. The van der Waals surface area contributed by atoms with E-state index in [2.05, 4.69) is 15.6 Å². The molecule has 3 N–H and O–H groups in total. The SMILES string of the molecule is CNC(=O)c1cc(CNCCCC2CCN(C(=O)O)CC2(F)F)cc(C(C)c2ccccc2)n1. The van der Waals surface area contributed by atoms with Crippen LogP contribution in [-0.2, 0) is 6.54 Å². The van der Waals surface area contributed by atoms with Crippen LogP contribution in [-0.4, -0.2) is 59.6 Å². The Kier molecular flexibility index (Phi) is 8.55. The van der Waals surface area contributed by atoms with E-state index in [0.29, 0.717) is 31.6 Å². The predicted octanol–water partition coefficient (Wildman–Crippen LogP) is 4.10. The van der Waals surface area contributed by atoms with Crippen LogP contribution < -0.4 is 10.6 Å². The first kappa shape index (κ1) is 25.6. The molecule has 0 aliphatic carbocycles. The normalized spacial score (nSPS) is 18.4. The third-order valence-electron chi connectivity index (χ3n) is 6.36. The van der Waals surface area contributed by atoms with Crippen LogP contribution in [0.1, 0.15) is 59.4 Å². The molecule has 1 aliphatic rings. The molecule has 0 spiro atoms. The average Bonchev–Trinajstić information content (AvgIpc) is 2.83. The lowest BCUT2D eigenvalue weighted by molar-refractivity contribution is -0.107. The standard InChI is InChI=1S/C25H32F2N4O3/c1-17(19-7-4-3-5-8-19)21-13-18(14-22(30-21)23(32)28-2)15-29-11-6-9-20-10-12-31(24(33)34)16-25(20,26)27/h3-5,7-8,13-14,17,20,29H,6,9-12,15-16H2,1-2H3,(H,28,32)(H,33,34). The monoisotopic (exact) mass is 474 g/mol. The van der Waals surface area contributed by atoms with E-state index in [-0.39, 0.29) is 24.8 Å². The van der Waals surface area contributed by atoms with Gasteiger partial charge in [0.05, 0.1) is 6.54 Å². The highest BCUT2D eigenvalue weighted by molar-refractivity contribution is 5.92. The minimum Gasteiger partial charge on any atom is -0.465 e. The van der Waals surface area contributed by atoms with Crippen LogP contribution in [0.5, 0.6) is 0 Å². The van der Waals surface area contributed by atoms with Crippen LogP contribution >= 0.6 is 0 Å². The molecule has 2 atom stereocenters. The summed E-state index contributed by atoms with van der Waals surface area (Å²) in [6.07, 6.45) is -0.258. The lowest BCUT2D eigenvalue weighted by Crippen LogP contribution is -2.50. The molecule has 2 amide bonds. The van der Waals surface area contributed by atoms with Crippen molar-refractivity contribution >= 4 is 12.0 Å². The van der Waals surface area contributed by atoms with Crippen molar-refractivity contribution in [3.05, 3.63) is 65.0 Å². The molecule has 0 radical (unpaired) electrons. The molecule has 0 saturated carbocycles. The van der Waals surface area contributed by atoms with Gasteiger partial charge in [-0.15, -0.1) is 0 Å². The van der Waals surface area contributed by atoms with E-state index in [1.807, 2.05) is 43.3 Å². The van der Waals surface area contributed by atoms with Gasteiger partial charge in [0.1, 0.15) is 5.69 Å². The van der Waals surface area contributed by atoms with Crippen LogP contribution in [0, 0.1) is 5.92 Å². The Morgan fingerprint density at radius 3 is 2.65 bits per heavy atom. The van der Waals surface area contributed by atoms with Gasteiger partial charge in [-0.25, -0.2) is 18.6 Å². The summed E-state index contributed by atoms with van der Waals surface area (Å²) in [5.41, 5.74) is 3.11. The minimum atomic E-state index is -3.01. The maximum Gasteiger partial charge on any atom is 0.407 e. The quantitative estimate of drug-likeness (QED) is 0.476. The first-order chi connectivity index (χ1) is 16.2. The Hall–Kier alpha value is -3.07. The van der Waals surface area contributed by atoms with E-state index >= 15 is 0 Å². The lowest BCUT2D eigenvalue weighted by Gasteiger charge is -2.37. The van der Waals surface area contributed by atoms with E-state index in [1.54, 1.807) is 13.1 Å². The summed E-state index contributed by atoms with van der Waals surface area (Å²) >= 11 is 0. The largest absolute Gasteiger partial charge is 0.465 e. The Morgan fingerprint density at radius 1 is 1.26 bits per heavy atom. The predicted molar refractivity (Wildman–Crippen MR) is 125 cm³/mol. The second kappa shape index (κ2) is 11.4. The number of rotatable bonds is 9. The number of piperidine rings is 1. The summed E-state index contributed by atoms with van der Waals surface area (Å²) in [4.78, 5) is 28.6. The topological polar surface area (TPSA) is 94.6 Å². The number of hydrogen-bond acceptors (Lipinski definition) is 4. The van der Waals surface area contributed by atoms with Gasteiger partial charge in [-0.3, -0.25) is 4.79 Å². The Labute approximate surface area is 198 Å². The number of benzene rings is 1. The maximum absolute atomic E-state index is 14.3. The number of alkyl halides is 2. The highest BCUT2D eigenvalue weighted by Gasteiger charge is 2.45. The number of pyridine rings is 1. The number of carboxylic acid groups (broad SMARTS) is 1. The summed E-state index contributed by atoms with van der Waals surface area (Å²) in [6.45, 7) is 2.47. The van der Waals surface area contributed by atoms with Crippen LogP contribution in [0.25, 0.3) is 0 Å². The van der Waals surface area contributed by atoms with Gasteiger partial charge in [-0.2, -0.15) is 0 Å². The van der Waals surface area contributed by atoms with Crippen molar-refractivity contribution in [1.82, 2.24) is 20.5 Å². The van der Waals surface area contributed by atoms with E-state index in [9.17, 15) is 18.4 Å². The first-order valence-electron chi connectivity index (χ1n) is 11.6. The Morgan fingerprint density at radius 2 is 2.00 bits per heavy atom. The van der Waals surface area contributed by atoms with Crippen molar-refractivity contribution in [1.29, 1.82) is 0 Å². The molecule has 7 nitrogen and oxygen atoms in total. The summed E-state index contributed by atoms with van der Waals surface area (Å²) in [5.74, 6) is -4.09. The molecule has 34 heavy (non-hydrogen) atoms. The first-order valence-corrected chi connectivity index (χ1v) is 11.6. The van der Waals surface area contributed by atoms with Gasteiger partial charge >= 0.3 is 6.09 Å². The summed E-state index contributed by atoms with van der Waals surface area (Å²) in [6, 6.07) is 13.6. The summed E-state index contributed by atoms with van der Waals surface area (Å²) < 4.78 is 28.6. The molecule has 1 saturated heterocycles. The van der Waals surface area contributed by atoms with E-state index in [1.165, 1.54) is 0 Å². The number of nitrogens with one attached hydrogen (secondary N) is 2. The van der Waals surface area contributed by atoms with Crippen molar-refractivity contribution in [2.45, 2.75) is 44.6 Å². The van der Waals surface area contributed by atoms with E-state index in [4.69, 9.17) is 5.11 Å². The van der Waals surface area contributed by atoms with E-state index in [0.717, 1.165) is 21.7 Å². The fourth-order valence-corrected chi connectivity index (χ4v) is 4.30. The molecule has 0 bridgehead atoms. The van der Waals surface area contributed by atoms with Gasteiger partial charge in [0, 0.05) is 37.7 Å². The smallest absolute Gasteiger partial charge is 0.407 e. The van der Waals surface area contributed by atoms with Gasteiger partial charge in [0.15, 0.2) is 0 Å². The number of halogens is 2. The zero-order chi connectivity index (χ0) is 24.7. The number of aromatic nitrogens is 1. The third-order valence-corrected chi connectivity index (χ3v) is 6.36. The maximum atomic E-state index is 14.3. The fraction of sp³-hybridized carbons (Fsp3) is 0.480. The average molecular weight is 475 g/mol. The highest BCUT2D eigenvalue weighted by atomic mass is 19.3. The number of likely N-dealkylation sites (tertiary alicyclic amines) is 1. The molecule has 2 unspecified atom stereocenters. The molecule has 9 heteroatoms. The molecular weight excluding hydrogens is 442 g/mol. The highest BCUT2D eigenvalue weighted by Crippen LogP contribution is 2.35. The number of carbonyl (C=O) groups excluding carboxylic acids is 1. The molecule has 3 rings (SSSR count). The van der Waals surface area contributed by atoms with Gasteiger partial charge in [0.2, 0.25) is 0 Å². The molecule has 2 aromatic rings. The number of nitrogens with zero attached hydrogens (tertiary/aromatic N) is 2. The van der Waals surface area contributed by atoms with Gasteiger partial charge in [-0.1, -0.05) is 37.3 Å². The van der Waals surface area contributed by atoms with Gasteiger partial charge in [-0.05, 0) is 49.1 Å². The number of hydrogen-bond donors (Lipinski definition) is 3. The lowest BCUT2D eigenvalue weighted by atomic mass is 9.89. The zero-order valence-electron chi connectivity index (χ0n) is 19.6. The van der Waals surface area contributed by atoms with Crippen LogP contribution in [0.3, 0.4) is 0 Å². The van der Waals surface area contributed by atoms with Crippen molar-refractivity contribution in [3.8, 4) is 0 Å². The fourth-order valence-electron chi connectivity index (χ4n) is 4.30. The zero-order valence-corrected chi connectivity index (χ0v) is 19.6. The molecule has 184 valence electrons. The van der Waals surface area contributed by atoms with E-state index < -0.39 is 24.5 Å². The molecule has 1 fully saturated rings. The van der Waals surface area contributed by atoms with Crippen LogP contribution in [0.15, 0.2) is 42.5 Å². The summed E-state index contributed by atoms with van der Waals surface area (Å²) in [7, 11) is 1.56. The molecule has 2 heterocycles. The van der Waals surface area contributed by atoms with Gasteiger partial charge < -0.3 is 20.6 Å². The number of amides is 2. The van der Waals surface area contributed by atoms with Crippen molar-refractivity contribution < 1.29 is 23.5 Å². The van der Waals surface area contributed by atoms with Crippen molar-refractivity contribution in [2.24, 2.45) is 5.92 Å². The minimum absolute atomic E-state index is 0.00320. The Bertz CT molecular complexity index is 987. The second-order valence-corrected chi connectivity index (χ2v) is 8.77. The third kappa shape index (κ3) is 6.50. The second-order valence-electron chi connectivity index (χ2n) is 8.77.